The number of unbranched alkanes of at least 4 members (excludes halogenated alkanes) is 7. The van der Waals surface area contributed by atoms with Crippen molar-refractivity contribution < 1.29 is 32.4 Å². The van der Waals surface area contributed by atoms with E-state index in [-0.39, 0.29) is 90.7 Å². The normalized spacial score (nSPS) is 24.2. The molecule has 4 fully saturated rings. The summed E-state index contributed by atoms with van der Waals surface area (Å²) in [6.07, 6.45) is 11.1. The summed E-state index contributed by atoms with van der Waals surface area (Å²) in [5.74, 6) is -2.53. The Morgan fingerprint density at radius 2 is 1.15 bits per heavy atom. The molecule has 7 atom stereocenters. The van der Waals surface area contributed by atoms with E-state index in [0.29, 0.717) is 19.4 Å². The molecule has 5 amide bonds. The average molecular weight is 909 g/mol. The Balaban J connectivity index is 1.02. The number of hydrogen-bond donors (Lipinski definition) is 3. The third-order valence-corrected chi connectivity index (χ3v) is 15.6. The molecular formula is C51H68N6O7S. The maximum absolute atomic E-state index is 14.3. The van der Waals surface area contributed by atoms with Gasteiger partial charge in [0.25, 0.3) is 5.91 Å². The van der Waals surface area contributed by atoms with Crippen molar-refractivity contribution in [2.75, 3.05) is 39.3 Å². The molecule has 0 radical (unpaired) electrons. The lowest BCUT2D eigenvalue weighted by atomic mass is 9.94. The van der Waals surface area contributed by atoms with Crippen LogP contribution in [-0.4, -0.2) is 109 Å². The van der Waals surface area contributed by atoms with Crippen LogP contribution in [0.25, 0.3) is 0 Å². The van der Waals surface area contributed by atoms with Crippen LogP contribution >= 0.6 is 0 Å². The molecular weight excluding hydrogens is 841 g/mol. The van der Waals surface area contributed by atoms with Gasteiger partial charge in [-0.2, -0.15) is 4.31 Å². The first kappa shape index (κ1) is 47.9. The summed E-state index contributed by atoms with van der Waals surface area (Å²) in [5, 5.41) is 9.32. The van der Waals surface area contributed by atoms with Gasteiger partial charge in [0, 0.05) is 75.2 Å². The molecule has 2 saturated heterocycles. The van der Waals surface area contributed by atoms with Gasteiger partial charge in [0.15, 0.2) is 0 Å². The van der Waals surface area contributed by atoms with Gasteiger partial charge in [0.05, 0.1) is 16.7 Å². The SMILES string of the molecule is CCCCCCCC(=O)N1CCCN(S(=O)(=O)c2ccc(C(=O)N3C[C@@H](C(=O)NC4C[C@@H]4c4ccccc4)[C@H](C(=O)N[C@H]4C[C@@H]4c4ccccc4)C3)cc2)C[C@H]1C(=O)NCCCCCC. The lowest BCUT2D eigenvalue weighted by molar-refractivity contribution is -0.140. The van der Waals surface area contributed by atoms with Gasteiger partial charge in [-0.15, -0.1) is 0 Å². The van der Waals surface area contributed by atoms with Crippen molar-refractivity contribution in [3.05, 3.63) is 102 Å². The predicted octanol–water partition coefficient (Wildman–Crippen LogP) is 6.37. The fraction of sp³-hybridized carbons (Fsp3) is 0.549. The molecule has 350 valence electrons. The zero-order valence-corrected chi connectivity index (χ0v) is 39.0. The van der Waals surface area contributed by atoms with E-state index < -0.39 is 33.8 Å². The molecule has 2 aliphatic heterocycles. The molecule has 0 spiro atoms. The van der Waals surface area contributed by atoms with Crippen LogP contribution in [0.2, 0.25) is 0 Å². The van der Waals surface area contributed by atoms with Crippen LogP contribution in [0, 0.1) is 11.8 Å². The Bertz CT molecular complexity index is 2130. The smallest absolute Gasteiger partial charge is 0.253 e. The van der Waals surface area contributed by atoms with Crippen LogP contribution in [0.3, 0.4) is 0 Å². The molecule has 65 heavy (non-hydrogen) atoms. The number of nitrogens with one attached hydrogen (secondary N) is 3. The number of amides is 5. The predicted molar refractivity (Wildman–Crippen MR) is 250 cm³/mol. The molecule has 13 nitrogen and oxygen atoms in total. The van der Waals surface area contributed by atoms with Crippen LogP contribution in [-0.2, 0) is 29.2 Å². The molecule has 3 aromatic carbocycles. The minimum atomic E-state index is -4.14. The van der Waals surface area contributed by atoms with Crippen molar-refractivity contribution >= 4 is 39.6 Å². The lowest BCUT2D eigenvalue weighted by Gasteiger charge is -2.31. The Labute approximate surface area is 385 Å². The van der Waals surface area contributed by atoms with Crippen LogP contribution in [0.15, 0.2) is 89.8 Å². The standard InChI is InChI=1S/C51H68N6O7S/c1-3-5-7-9-16-23-47(58)57-30-18-29-56(35-46(57)50(61)52-28-17-8-6-4-2)65(63,64)39-26-24-38(25-27-39)51(62)55-33-42(48(59)53-44-31-40(44)36-19-12-10-13-20-36)43(34-55)49(60)54-45-32-41(45)37-21-14-11-15-22-37/h10-15,19-22,24-27,40-46H,3-9,16-18,23,28-35H2,1-2H3,(H,52,61)(H,53,59)(H,54,60)/t40-,41-,42-,43-,44+,45?,46+/m1/s1. The summed E-state index contributed by atoms with van der Waals surface area (Å²) < 4.78 is 29.9. The van der Waals surface area contributed by atoms with E-state index in [1.54, 1.807) is 4.90 Å². The highest BCUT2D eigenvalue weighted by molar-refractivity contribution is 7.89. The zero-order valence-electron chi connectivity index (χ0n) is 38.2. The molecule has 3 N–H and O–H groups in total. The lowest BCUT2D eigenvalue weighted by Crippen LogP contribution is -2.53. The summed E-state index contributed by atoms with van der Waals surface area (Å²) in [5.41, 5.74) is 2.53. The van der Waals surface area contributed by atoms with Gasteiger partial charge < -0.3 is 25.8 Å². The minimum Gasteiger partial charge on any atom is -0.354 e. The molecule has 4 aliphatic rings. The Hall–Kier alpha value is -5.08. The second-order valence-corrected chi connectivity index (χ2v) is 20.5. The summed E-state index contributed by atoms with van der Waals surface area (Å²) in [7, 11) is -4.14. The monoisotopic (exact) mass is 908 g/mol. The van der Waals surface area contributed by atoms with Crippen molar-refractivity contribution in [1.29, 1.82) is 0 Å². The highest BCUT2D eigenvalue weighted by Gasteiger charge is 2.49. The number of benzene rings is 3. The molecule has 0 aromatic heterocycles. The van der Waals surface area contributed by atoms with E-state index in [0.717, 1.165) is 81.8 Å². The third-order valence-electron chi connectivity index (χ3n) is 13.7. The average Bonchev–Trinajstić information content (AvgIpc) is 4.24. The number of sulfonamides is 1. The van der Waals surface area contributed by atoms with Crippen LogP contribution < -0.4 is 16.0 Å². The van der Waals surface area contributed by atoms with E-state index in [9.17, 15) is 32.4 Å². The maximum Gasteiger partial charge on any atom is 0.253 e. The second kappa shape index (κ2) is 22.4. The summed E-state index contributed by atoms with van der Waals surface area (Å²) >= 11 is 0. The summed E-state index contributed by atoms with van der Waals surface area (Å²) in [6.45, 7) is 5.02. The third kappa shape index (κ3) is 12.2. The molecule has 1 unspecified atom stereocenters. The Morgan fingerprint density at radius 1 is 0.615 bits per heavy atom. The number of likely N-dealkylation sites (tertiary alicyclic amines) is 1. The van der Waals surface area contributed by atoms with Crippen molar-refractivity contribution in [2.45, 2.75) is 132 Å². The van der Waals surface area contributed by atoms with Gasteiger partial charge in [-0.25, -0.2) is 8.42 Å². The molecule has 3 aromatic rings. The second-order valence-electron chi connectivity index (χ2n) is 18.5. The van der Waals surface area contributed by atoms with Crippen LogP contribution in [0.5, 0.6) is 0 Å². The van der Waals surface area contributed by atoms with Gasteiger partial charge in [-0.3, -0.25) is 24.0 Å². The highest BCUT2D eigenvalue weighted by Crippen LogP contribution is 2.43. The maximum atomic E-state index is 14.3. The molecule has 2 aliphatic carbocycles. The molecule has 14 heteroatoms. The van der Waals surface area contributed by atoms with E-state index in [4.69, 9.17) is 0 Å². The van der Waals surface area contributed by atoms with Gasteiger partial charge in [0.1, 0.15) is 6.04 Å². The van der Waals surface area contributed by atoms with Crippen molar-refractivity contribution in [3.8, 4) is 0 Å². The summed E-state index contributed by atoms with van der Waals surface area (Å²) in [6, 6.07) is 24.7. The minimum absolute atomic E-state index is 0.0331. The quantitative estimate of drug-likeness (QED) is 0.105. The first-order valence-corrected chi connectivity index (χ1v) is 25.6. The van der Waals surface area contributed by atoms with Gasteiger partial charge >= 0.3 is 0 Å². The number of hydrogen-bond acceptors (Lipinski definition) is 7. The highest BCUT2D eigenvalue weighted by atomic mass is 32.2. The molecule has 2 saturated carbocycles. The van der Waals surface area contributed by atoms with Crippen molar-refractivity contribution in [1.82, 2.24) is 30.1 Å². The molecule has 0 bridgehead atoms. The van der Waals surface area contributed by atoms with Crippen LogP contribution in [0.4, 0.5) is 0 Å². The van der Waals surface area contributed by atoms with Gasteiger partial charge in [0.2, 0.25) is 33.7 Å². The fourth-order valence-corrected chi connectivity index (χ4v) is 11.1. The van der Waals surface area contributed by atoms with E-state index in [2.05, 4.69) is 29.8 Å². The topological polar surface area (TPSA) is 165 Å². The van der Waals surface area contributed by atoms with E-state index >= 15 is 0 Å². The van der Waals surface area contributed by atoms with Crippen molar-refractivity contribution in [3.63, 3.8) is 0 Å². The largest absolute Gasteiger partial charge is 0.354 e. The molecule has 2 heterocycles. The Kier molecular flexibility index (Phi) is 16.5. The van der Waals surface area contributed by atoms with Gasteiger partial charge in [-0.05, 0) is 67.5 Å². The van der Waals surface area contributed by atoms with E-state index in [1.807, 2.05) is 60.7 Å². The number of carbonyl (C=O) groups is 5. The number of nitrogens with zero attached hydrogens (tertiary/aromatic N) is 3. The molecule has 7 rings (SSSR count). The van der Waals surface area contributed by atoms with Crippen molar-refractivity contribution in [2.24, 2.45) is 11.8 Å². The van der Waals surface area contributed by atoms with Gasteiger partial charge in [-0.1, -0.05) is 119 Å². The van der Waals surface area contributed by atoms with E-state index in [1.165, 1.54) is 33.5 Å². The summed E-state index contributed by atoms with van der Waals surface area (Å²) in [4.78, 5) is 72.5. The zero-order chi connectivity index (χ0) is 45.9. The Morgan fingerprint density at radius 3 is 1.71 bits per heavy atom. The number of carbonyl (C=O) groups excluding carboxylic acids is 5. The van der Waals surface area contributed by atoms with Crippen LogP contribution in [0.1, 0.15) is 131 Å². The fourth-order valence-electron chi connectivity index (χ4n) is 9.63. The number of rotatable bonds is 21. The first-order valence-electron chi connectivity index (χ1n) is 24.2. The first-order chi connectivity index (χ1) is 31.5.